The third-order valence-corrected chi connectivity index (χ3v) is 2.99. The summed E-state index contributed by atoms with van der Waals surface area (Å²) in [7, 11) is 0. The summed E-state index contributed by atoms with van der Waals surface area (Å²) in [5, 5.41) is 0.695. The number of nitrogens with two attached hydrogens (primary N) is 1. The molecule has 0 saturated heterocycles. The Hall–Kier alpha value is -1.58. The van der Waals surface area contributed by atoms with Crippen molar-refractivity contribution in [1.29, 1.82) is 0 Å². The summed E-state index contributed by atoms with van der Waals surface area (Å²) in [6.07, 6.45) is 1.70. The van der Waals surface area contributed by atoms with Gasteiger partial charge in [-0.05, 0) is 24.6 Å². The summed E-state index contributed by atoms with van der Waals surface area (Å²) in [6.45, 7) is 2.32. The molecule has 0 fully saturated rings. The fourth-order valence-corrected chi connectivity index (χ4v) is 1.74. The Morgan fingerprint density at radius 1 is 1.33 bits per heavy atom. The van der Waals surface area contributed by atoms with Crippen LogP contribution in [-0.4, -0.2) is 4.98 Å². The van der Waals surface area contributed by atoms with Gasteiger partial charge in [0.25, 0.3) is 0 Å². The van der Waals surface area contributed by atoms with Gasteiger partial charge in [0.1, 0.15) is 6.61 Å². The Bertz CT molecular complexity index is 529. The average molecular weight is 263 g/mol. The Morgan fingerprint density at radius 3 is 2.83 bits per heavy atom. The number of hydrogen-bond acceptors (Lipinski definition) is 3. The summed E-state index contributed by atoms with van der Waals surface area (Å²) in [5.74, 6) is 0.560. The number of nitrogens with zero attached hydrogens (tertiary/aromatic N) is 1. The zero-order valence-electron chi connectivity index (χ0n) is 10.1. The summed E-state index contributed by atoms with van der Waals surface area (Å²) in [4.78, 5) is 4.15. The number of pyridine rings is 1. The normalized spacial score (nSPS) is 12.2. The molecule has 94 valence electrons. The van der Waals surface area contributed by atoms with E-state index < -0.39 is 0 Å². The molecule has 3 nitrogen and oxygen atoms in total. The van der Waals surface area contributed by atoms with Crippen molar-refractivity contribution in [3.05, 3.63) is 58.7 Å². The summed E-state index contributed by atoms with van der Waals surface area (Å²) >= 11 is 6.05. The lowest BCUT2D eigenvalue weighted by Gasteiger charge is -2.09. The van der Waals surface area contributed by atoms with Crippen molar-refractivity contribution in [2.24, 2.45) is 5.73 Å². The first-order valence-electron chi connectivity index (χ1n) is 5.74. The fraction of sp³-hybridized carbons (Fsp3) is 0.214. The fourth-order valence-electron chi connectivity index (χ4n) is 1.55. The third kappa shape index (κ3) is 3.22. The molecule has 2 N–H and O–H groups in total. The highest BCUT2D eigenvalue weighted by molar-refractivity contribution is 6.31. The van der Waals surface area contributed by atoms with E-state index in [0.29, 0.717) is 17.5 Å². The number of rotatable bonds is 4. The molecule has 0 bridgehead atoms. The molecule has 0 unspecified atom stereocenters. The van der Waals surface area contributed by atoms with E-state index in [1.54, 1.807) is 6.20 Å². The lowest BCUT2D eigenvalue weighted by atomic mass is 10.1. The van der Waals surface area contributed by atoms with E-state index in [0.717, 1.165) is 11.1 Å². The van der Waals surface area contributed by atoms with Gasteiger partial charge in [0, 0.05) is 28.9 Å². The first kappa shape index (κ1) is 12.9. The molecule has 0 aliphatic rings. The molecule has 1 aromatic heterocycles. The first-order chi connectivity index (χ1) is 8.66. The third-order valence-electron chi connectivity index (χ3n) is 2.62. The lowest BCUT2D eigenvalue weighted by Crippen LogP contribution is -2.06. The monoisotopic (exact) mass is 262 g/mol. The van der Waals surface area contributed by atoms with Crippen molar-refractivity contribution >= 4 is 11.6 Å². The molecular weight excluding hydrogens is 248 g/mol. The van der Waals surface area contributed by atoms with Crippen LogP contribution in [0.3, 0.4) is 0 Å². The van der Waals surface area contributed by atoms with Crippen LogP contribution in [0.1, 0.15) is 24.1 Å². The topological polar surface area (TPSA) is 48.1 Å². The molecule has 1 aromatic carbocycles. The van der Waals surface area contributed by atoms with Gasteiger partial charge in [0.15, 0.2) is 0 Å². The van der Waals surface area contributed by atoms with Crippen LogP contribution in [0, 0.1) is 0 Å². The van der Waals surface area contributed by atoms with E-state index in [1.165, 1.54) is 0 Å². The van der Waals surface area contributed by atoms with Crippen molar-refractivity contribution < 1.29 is 4.74 Å². The standard InChI is InChI=1S/C14H15ClN2O/c1-10(16)11-6-7-17-14(8-11)18-9-12-4-2-3-5-13(12)15/h2-8,10H,9,16H2,1H3/t10-/m0/s1. The van der Waals surface area contributed by atoms with E-state index in [4.69, 9.17) is 22.1 Å². The van der Waals surface area contributed by atoms with E-state index >= 15 is 0 Å². The number of halogens is 1. The van der Waals surface area contributed by atoms with Crippen molar-refractivity contribution in [3.8, 4) is 5.88 Å². The molecule has 18 heavy (non-hydrogen) atoms. The first-order valence-corrected chi connectivity index (χ1v) is 6.12. The Morgan fingerprint density at radius 2 is 2.11 bits per heavy atom. The smallest absolute Gasteiger partial charge is 0.213 e. The van der Waals surface area contributed by atoms with Gasteiger partial charge in [-0.25, -0.2) is 4.98 Å². The summed E-state index contributed by atoms with van der Waals surface area (Å²) in [6, 6.07) is 11.3. The second kappa shape index (κ2) is 5.85. The van der Waals surface area contributed by atoms with Gasteiger partial charge in [-0.1, -0.05) is 29.8 Å². The summed E-state index contributed by atoms with van der Waals surface area (Å²) < 4.78 is 5.61. The van der Waals surface area contributed by atoms with Crippen LogP contribution in [0.4, 0.5) is 0 Å². The second-order valence-electron chi connectivity index (χ2n) is 4.10. The van der Waals surface area contributed by atoms with Gasteiger partial charge in [-0.2, -0.15) is 0 Å². The molecule has 0 radical (unpaired) electrons. The predicted octanol–water partition coefficient (Wildman–Crippen LogP) is 3.33. The van der Waals surface area contributed by atoms with Crippen LogP contribution < -0.4 is 10.5 Å². The predicted molar refractivity (Wildman–Crippen MR) is 72.6 cm³/mol. The average Bonchev–Trinajstić information content (AvgIpc) is 2.38. The van der Waals surface area contributed by atoms with Crippen molar-refractivity contribution in [2.45, 2.75) is 19.6 Å². The molecular formula is C14H15ClN2O. The van der Waals surface area contributed by atoms with Crippen LogP contribution in [0.25, 0.3) is 0 Å². The van der Waals surface area contributed by atoms with Crippen LogP contribution in [0.15, 0.2) is 42.6 Å². The zero-order valence-corrected chi connectivity index (χ0v) is 10.9. The molecule has 0 aliphatic heterocycles. The number of benzene rings is 1. The maximum Gasteiger partial charge on any atom is 0.213 e. The Kier molecular flexibility index (Phi) is 4.18. The minimum Gasteiger partial charge on any atom is -0.473 e. The van der Waals surface area contributed by atoms with Gasteiger partial charge < -0.3 is 10.5 Å². The zero-order chi connectivity index (χ0) is 13.0. The molecule has 0 spiro atoms. The van der Waals surface area contributed by atoms with Crippen LogP contribution >= 0.6 is 11.6 Å². The molecule has 1 atom stereocenters. The van der Waals surface area contributed by atoms with Crippen molar-refractivity contribution in [1.82, 2.24) is 4.98 Å². The van der Waals surface area contributed by atoms with Crippen LogP contribution in [-0.2, 0) is 6.61 Å². The van der Waals surface area contributed by atoms with Gasteiger partial charge >= 0.3 is 0 Å². The summed E-state index contributed by atoms with van der Waals surface area (Å²) in [5.41, 5.74) is 7.75. The van der Waals surface area contributed by atoms with Crippen molar-refractivity contribution in [3.63, 3.8) is 0 Å². The molecule has 2 aromatic rings. The van der Waals surface area contributed by atoms with Crippen LogP contribution in [0.2, 0.25) is 5.02 Å². The van der Waals surface area contributed by atoms with Gasteiger partial charge in [0.05, 0.1) is 0 Å². The quantitative estimate of drug-likeness (QED) is 0.919. The van der Waals surface area contributed by atoms with Crippen LogP contribution in [0.5, 0.6) is 5.88 Å². The Balaban J connectivity index is 2.07. The number of aromatic nitrogens is 1. The number of hydrogen-bond donors (Lipinski definition) is 1. The molecule has 0 aliphatic carbocycles. The van der Waals surface area contributed by atoms with E-state index in [-0.39, 0.29) is 6.04 Å². The Labute approximate surface area is 112 Å². The van der Waals surface area contributed by atoms with E-state index in [1.807, 2.05) is 43.3 Å². The molecule has 0 amide bonds. The largest absolute Gasteiger partial charge is 0.473 e. The maximum atomic E-state index is 6.05. The molecule has 0 saturated carbocycles. The minimum absolute atomic E-state index is 0.0318. The molecule has 2 rings (SSSR count). The van der Waals surface area contributed by atoms with Gasteiger partial charge in [-0.15, -0.1) is 0 Å². The SMILES string of the molecule is C[C@H](N)c1ccnc(OCc2ccccc2Cl)c1. The molecule has 1 heterocycles. The lowest BCUT2D eigenvalue weighted by molar-refractivity contribution is 0.293. The highest BCUT2D eigenvalue weighted by Gasteiger charge is 2.04. The number of ether oxygens (including phenoxy) is 1. The minimum atomic E-state index is -0.0318. The van der Waals surface area contributed by atoms with E-state index in [2.05, 4.69) is 4.98 Å². The second-order valence-corrected chi connectivity index (χ2v) is 4.50. The van der Waals surface area contributed by atoms with E-state index in [9.17, 15) is 0 Å². The maximum absolute atomic E-state index is 6.05. The highest BCUT2D eigenvalue weighted by Crippen LogP contribution is 2.19. The van der Waals surface area contributed by atoms with Gasteiger partial charge in [-0.3, -0.25) is 0 Å². The highest BCUT2D eigenvalue weighted by atomic mass is 35.5. The molecule has 4 heteroatoms. The van der Waals surface area contributed by atoms with Crippen molar-refractivity contribution in [2.75, 3.05) is 0 Å². The van der Waals surface area contributed by atoms with Gasteiger partial charge in [0.2, 0.25) is 5.88 Å².